The summed E-state index contributed by atoms with van der Waals surface area (Å²) in [4.78, 5) is 30.0. The number of nitrogens with one attached hydrogen (secondary N) is 2. The first kappa shape index (κ1) is 25.0. The molecule has 0 radical (unpaired) electrons. The van der Waals surface area contributed by atoms with Gasteiger partial charge in [0.05, 0.1) is 16.3 Å². The maximum atomic E-state index is 12.2. The quantitative estimate of drug-likeness (QED) is 0.265. The zero-order chi connectivity index (χ0) is 24.3. The van der Waals surface area contributed by atoms with Crippen molar-refractivity contribution in [2.75, 3.05) is 5.32 Å². The average Bonchev–Trinajstić information content (AvgIpc) is 2.83. The zero-order valence-corrected chi connectivity index (χ0v) is 20.1. The van der Waals surface area contributed by atoms with E-state index in [0.29, 0.717) is 12.3 Å². The first-order valence-corrected chi connectivity index (χ1v) is 11.6. The topological polar surface area (TPSA) is 79.8 Å². The van der Waals surface area contributed by atoms with E-state index in [9.17, 15) is 9.59 Å². The molecule has 0 fully saturated rings. The molecular weight excluding hydrogens is 450 g/mol. The predicted molar refractivity (Wildman–Crippen MR) is 136 cm³/mol. The summed E-state index contributed by atoms with van der Waals surface area (Å²) in [6.45, 7) is 4.51. The summed E-state index contributed by atoms with van der Waals surface area (Å²) >= 11 is 5.99. The number of hydrogen-bond acceptors (Lipinski definition) is 4. The molecule has 3 aromatic carbocycles. The number of anilines is 1. The number of urea groups is 1. The number of carbonyl (C=O) groups excluding carboxylic acids is 2. The van der Waals surface area contributed by atoms with Gasteiger partial charge in [-0.2, -0.15) is 0 Å². The molecule has 6 nitrogen and oxygen atoms in total. The Kier molecular flexibility index (Phi) is 9.23. The van der Waals surface area contributed by atoms with Crippen LogP contribution in [-0.4, -0.2) is 17.6 Å². The molecule has 0 atom stereocenters. The minimum absolute atomic E-state index is 0.233. The Bertz CT molecular complexity index is 1140. The molecule has 3 rings (SSSR count). The smallest absolute Gasteiger partial charge is 0.326 e. The Morgan fingerprint density at radius 1 is 0.971 bits per heavy atom. The molecule has 7 heteroatoms. The van der Waals surface area contributed by atoms with E-state index in [1.54, 1.807) is 36.4 Å². The van der Waals surface area contributed by atoms with Crippen LogP contribution in [0.1, 0.15) is 53.2 Å². The number of rotatable bonds is 9. The van der Waals surface area contributed by atoms with Crippen molar-refractivity contribution in [1.82, 2.24) is 5.32 Å². The van der Waals surface area contributed by atoms with Gasteiger partial charge in [0.1, 0.15) is 6.61 Å². The summed E-state index contributed by atoms with van der Waals surface area (Å²) in [6, 6.07) is 21.3. The average molecular weight is 478 g/mol. The summed E-state index contributed by atoms with van der Waals surface area (Å²) in [5.41, 5.74) is 4.88. The van der Waals surface area contributed by atoms with Crippen LogP contribution in [0.15, 0.2) is 78.0 Å². The van der Waals surface area contributed by atoms with Crippen LogP contribution in [0.4, 0.5) is 10.5 Å². The lowest BCUT2D eigenvalue weighted by Gasteiger charge is -2.09. The Labute approximate surface area is 205 Å². The van der Waals surface area contributed by atoms with E-state index in [0.717, 1.165) is 36.1 Å². The molecule has 3 amide bonds. The number of nitrogens with zero attached hydrogens (tertiary/aromatic N) is 1. The van der Waals surface area contributed by atoms with E-state index in [1.807, 2.05) is 12.1 Å². The summed E-state index contributed by atoms with van der Waals surface area (Å²) in [7, 11) is 0. The fourth-order valence-electron chi connectivity index (χ4n) is 3.18. The van der Waals surface area contributed by atoms with Crippen LogP contribution in [0.25, 0.3) is 0 Å². The van der Waals surface area contributed by atoms with Gasteiger partial charge in [0.2, 0.25) is 0 Å². The Morgan fingerprint density at radius 3 is 2.35 bits per heavy atom. The normalized spacial score (nSPS) is 11.1. The highest BCUT2D eigenvalue weighted by Gasteiger charge is 2.13. The van der Waals surface area contributed by atoms with Crippen molar-refractivity contribution >= 4 is 34.9 Å². The number of amides is 3. The van der Waals surface area contributed by atoms with Crippen molar-refractivity contribution in [2.45, 2.75) is 39.7 Å². The van der Waals surface area contributed by atoms with Crippen molar-refractivity contribution in [3.63, 3.8) is 0 Å². The van der Waals surface area contributed by atoms with Gasteiger partial charge in [0.25, 0.3) is 5.91 Å². The molecule has 0 bridgehead atoms. The third-order valence-corrected chi connectivity index (χ3v) is 5.44. The van der Waals surface area contributed by atoms with Crippen LogP contribution in [0.5, 0.6) is 0 Å². The van der Waals surface area contributed by atoms with Crippen molar-refractivity contribution in [1.29, 1.82) is 0 Å². The third kappa shape index (κ3) is 7.46. The number of oxime groups is 1. The lowest BCUT2D eigenvalue weighted by atomic mass is 10.0. The molecule has 176 valence electrons. The van der Waals surface area contributed by atoms with E-state index in [2.05, 4.69) is 53.9 Å². The molecule has 0 aliphatic carbocycles. The molecule has 0 saturated carbocycles. The van der Waals surface area contributed by atoms with Crippen LogP contribution in [0.3, 0.4) is 0 Å². The van der Waals surface area contributed by atoms with Crippen LogP contribution < -0.4 is 10.6 Å². The van der Waals surface area contributed by atoms with Crippen LogP contribution in [-0.2, 0) is 11.4 Å². The molecule has 0 heterocycles. The number of unbranched alkanes of at least 4 members (excludes halogenated alkanes) is 1. The molecule has 0 aliphatic heterocycles. The maximum absolute atomic E-state index is 12.2. The Hall–Kier alpha value is -3.64. The second-order valence-corrected chi connectivity index (χ2v) is 8.27. The fraction of sp³-hybridized carbons (Fsp3) is 0.222. The van der Waals surface area contributed by atoms with Gasteiger partial charge in [-0.3, -0.25) is 10.1 Å². The maximum Gasteiger partial charge on any atom is 0.326 e. The summed E-state index contributed by atoms with van der Waals surface area (Å²) < 4.78 is 0. The molecule has 0 spiro atoms. The molecule has 34 heavy (non-hydrogen) atoms. The zero-order valence-electron chi connectivity index (χ0n) is 19.3. The molecule has 2 N–H and O–H groups in total. The Balaban J connectivity index is 1.54. The number of benzene rings is 3. The second-order valence-electron chi connectivity index (χ2n) is 7.87. The predicted octanol–water partition coefficient (Wildman–Crippen LogP) is 6.72. The van der Waals surface area contributed by atoms with Crippen LogP contribution >= 0.6 is 11.6 Å². The molecule has 0 saturated heterocycles. The SMILES string of the molecule is CCCCC(=NOCc1ccc(NC(=O)NC(=O)c2ccccc2Cl)cc1)c1ccc(C)cc1. The van der Waals surface area contributed by atoms with Gasteiger partial charge < -0.3 is 10.2 Å². The largest absolute Gasteiger partial charge is 0.391 e. The minimum atomic E-state index is -0.641. The van der Waals surface area contributed by atoms with Gasteiger partial charge in [-0.05, 0) is 55.2 Å². The molecular formula is C27H28ClN3O3. The monoisotopic (exact) mass is 477 g/mol. The summed E-state index contributed by atoms with van der Waals surface area (Å²) in [6.07, 6.45) is 2.97. The minimum Gasteiger partial charge on any atom is -0.391 e. The number of halogens is 1. The number of hydrogen-bond donors (Lipinski definition) is 2. The fourth-order valence-corrected chi connectivity index (χ4v) is 3.40. The molecule has 0 unspecified atom stereocenters. The van der Waals surface area contributed by atoms with Gasteiger partial charge >= 0.3 is 6.03 Å². The van der Waals surface area contributed by atoms with E-state index in [4.69, 9.17) is 16.4 Å². The highest BCUT2D eigenvalue weighted by molar-refractivity contribution is 6.34. The number of imide groups is 1. The van der Waals surface area contributed by atoms with Gasteiger partial charge in [0.15, 0.2) is 0 Å². The van der Waals surface area contributed by atoms with E-state index in [-0.39, 0.29) is 10.6 Å². The highest BCUT2D eigenvalue weighted by atomic mass is 35.5. The standard InChI is InChI=1S/C27H28ClN3O3/c1-3-4-9-25(21-14-10-19(2)11-15-21)31-34-18-20-12-16-22(17-13-20)29-27(33)30-26(32)23-7-5-6-8-24(23)28/h5-8,10-17H,3-4,9,18H2,1-2H3,(H2,29,30,32,33). The van der Waals surface area contributed by atoms with Gasteiger partial charge in [0, 0.05) is 5.69 Å². The lowest BCUT2D eigenvalue weighted by molar-refractivity contribution is 0.0967. The van der Waals surface area contributed by atoms with Gasteiger partial charge in [-0.1, -0.05) is 84.2 Å². The first-order chi connectivity index (χ1) is 16.5. The second kappa shape index (κ2) is 12.6. The van der Waals surface area contributed by atoms with Gasteiger partial charge in [-0.25, -0.2) is 4.79 Å². The van der Waals surface area contributed by atoms with E-state index in [1.165, 1.54) is 5.56 Å². The molecule has 0 aromatic heterocycles. The van der Waals surface area contributed by atoms with E-state index >= 15 is 0 Å². The highest BCUT2D eigenvalue weighted by Crippen LogP contribution is 2.16. The number of carbonyl (C=O) groups is 2. The lowest BCUT2D eigenvalue weighted by Crippen LogP contribution is -2.34. The van der Waals surface area contributed by atoms with Crippen LogP contribution in [0.2, 0.25) is 5.02 Å². The van der Waals surface area contributed by atoms with Gasteiger partial charge in [-0.15, -0.1) is 0 Å². The Morgan fingerprint density at radius 2 is 1.68 bits per heavy atom. The summed E-state index contributed by atoms with van der Waals surface area (Å²) in [5, 5.41) is 9.56. The third-order valence-electron chi connectivity index (χ3n) is 5.12. The first-order valence-electron chi connectivity index (χ1n) is 11.2. The van der Waals surface area contributed by atoms with E-state index < -0.39 is 11.9 Å². The van der Waals surface area contributed by atoms with Crippen molar-refractivity contribution in [3.05, 3.63) is 100 Å². The summed E-state index contributed by atoms with van der Waals surface area (Å²) in [5.74, 6) is -0.571. The molecule has 0 aliphatic rings. The number of aryl methyl sites for hydroxylation is 1. The van der Waals surface area contributed by atoms with Crippen molar-refractivity contribution in [3.8, 4) is 0 Å². The van der Waals surface area contributed by atoms with Crippen molar-refractivity contribution in [2.24, 2.45) is 5.16 Å². The van der Waals surface area contributed by atoms with Crippen LogP contribution in [0, 0.1) is 6.92 Å². The molecule has 3 aromatic rings. The van der Waals surface area contributed by atoms with Crippen molar-refractivity contribution < 1.29 is 14.4 Å².